The molecule has 0 spiro atoms. The van der Waals surface area contributed by atoms with Crippen LogP contribution in [0.1, 0.15) is 19.4 Å². The van der Waals surface area contributed by atoms with Gasteiger partial charge in [-0.15, -0.1) is 0 Å². The van der Waals surface area contributed by atoms with E-state index in [-0.39, 0.29) is 23.7 Å². The van der Waals surface area contributed by atoms with E-state index < -0.39 is 45.9 Å². The van der Waals surface area contributed by atoms with E-state index in [9.17, 15) is 33.3 Å². The lowest BCUT2D eigenvalue weighted by atomic mass is 9.78. The Morgan fingerprint density at radius 1 is 1.12 bits per heavy atom. The van der Waals surface area contributed by atoms with Crippen LogP contribution >= 0.6 is 0 Å². The minimum atomic E-state index is -3.99. The maximum atomic E-state index is 14.0. The summed E-state index contributed by atoms with van der Waals surface area (Å²) in [6.07, 6.45) is -0.937. The molecule has 0 radical (unpaired) electrons. The number of β-lactam (4-membered cyclic amide) rings is 1. The number of hydrogen-bond acceptors (Lipinski definition) is 6. The van der Waals surface area contributed by atoms with Crippen LogP contribution in [0.4, 0.5) is 5.69 Å². The average Bonchev–Trinajstić information content (AvgIpc) is 3.35. The van der Waals surface area contributed by atoms with Gasteiger partial charge in [0.15, 0.2) is 0 Å². The van der Waals surface area contributed by atoms with Crippen molar-refractivity contribution >= 4 is 38.4 Å². The van der Waals surface area contributed by atoms with E-state index in [0.29, 0.717) is 16.6 Å². The quantitative estimate of drug-likeness (QED) is 0.249. The van der Waals surface area contributed by atoms with E-state index in [4.69, 9.17) is 0 Å². The van der Waals surface area contributed by atoms with Crippen molar-refractivity contribution in [1.82, 2.24) is 4.90 Å². The maximum absolute atomic E-state index is 14.0. The summed E-state index contributed by atoms with van der Waals surface area (Å²) in [7, 11) is -3.99. The first-order chi connectivity index (χ1) is 20.4. The fourth-order valence-corrected chi connectivity index (χ4v) is 9.92. The zero-order valence-electron chi connectivity index (χ0n) is 24.2. The third-order valence-corrected chi connectivity index (χ3v) is 12.4. The summed E-state index contributed by atoms with van der Waals surface area (Å²) in [4.78, 5) is 26.6. The fourth-order valence-electron chi connectivity index (χ4n) is 8.25. The number of carboxylic acid groups (broad SMARTS) is 1. The van der Waals surface area contributed by atoms with Crippen molar-refractivity contribution in [2.45, 2.75) is 37.4 Å². The minimum absolute atomic E-state index is 0.131. The predicted molar refractivity (Wildman–Crippen MR) is 156 cm³/mol. The largest absolute Gasteiger partial charge is 0.477 e. The van der Waals surface area contributed by atoms with Crippen LogP contribution in [0.3, 0.4) is 0 Å². The Bertz CT molecular complexity index is 1770. The van der Waals surface area contributed by atoms with Crippen molar-refractivity contribution in [1.29, 1.82) is 0 Å². The van der Waals surface area contributed by atoms with Gasteiger partial charge in [-0.25, -0.2) is 17.7 Å². The number of benzene rings is 2. The van der Waals surface area contributed by atoms with Crippen molar-refractivity contribution in [2.75, 3.05) is 56.7 Å². The van der Waals surface area contributed by atoms with Crippen molar-refractivity contribution in [3.05, 3.63) is 47.2 Å². The zero-order valence-corrected chi connectivity index (χ0v) is 25.0. The number of fused-ring (bicyclic) bond motifs is 4. The highest BCUT2D eigenvalue weighted by molar-refractivity contribution is 7.93. The number of carbonyl (C=O) groups is 2. The standard InChI is InChI=1S/C31H35N4O7S/c1-19-23(29(31(39)40)33-28(19)26(20(2)37)30(33)38)17-32-24-6-3-5-22-21(7-8-25(27(22)24)43(32,41)42)18-35-13-10-34(11-14-35,12-15-35)9-4-16-36/h3,5-8,19-20,26,28,36-37H,10-18H2,1-2H3/q+1/p+1/t19-,20+,26+,28+,34?,35?/m0/s1. The van der Waals surface area contributed by atoms with E-state index in [1.807, 2.05) is 18.2 Å². The number of nitrogens with zero attached hydrogens (tertiary/aromatic N) is 4. The number of aliphatic hydroxyl groups is 2. The molecule has 3 N–H and O–H groups in total. The first-order valence-electron chi connectivity index (χ1n) is 14.8. The molecular weight excluding hydrogens is 572 g/mol. The number of aliphatic carboxylic acids is 1. The zero-order chi connectivity index (χ0) is 30.5. The Hall–Kier alpha value is -3.47. The van der Waals surface area contributed by atoms with Crippen LogP contribution in [-0.2, 0) is 26.2 Å². The van der Waals surface area contributed by atoms with Gasteiger partial charge in [0.2, 0.25) is 5.91 Å². The van der Waals surface area contributed by atoms with Gasteiger partial charge in [-0.3, -0.25) is 9.10 Å². The number of sulfonamides is 1. The summed E-state index contributed by atoms with van der Waals surface area (Å²) in [5.41, 5.74) is 1.78. The van der Waals surface area contributed by atoms with Crippen LogP contribution in [0.5, 0.6) is 0 Å². The molecule has 2 aromatic rings. The molecule has 12 heteroatoms. The van der Waals surface area contributed by atoms with Crippen LogP contribution in [-0.4, -0.2) is 114 Å². The van der Waals surface area contributed by atoms with Gasteiger partial charge in [-0.05, 0) is 35.9 Å². The summed E-state index contributed by atoms with van der Waals surface area (Å²) in [6.45, 7) is 9.43. The van der Waals surface area contributed by atoms with Gasteiger partial charge in [0, 0.05) is 16.9 Å². The second kappa shape index (κ2) is 9.51. The topological polar surface area (TPSA) is 135 Å². The molecule has 6 aliphatic heterocycles. The van der Waals surface area contributed by atoms with Gasteiger partial charge in [0.1, 0.15) is 64.2 Å². The lowest BCUT2D eigenvalue weighted by Gasteiger charge is -2.52. The Kier molecular flexibility index (Phi) is 6.26. The number of carboxylic acids is 1. The maximum Gasteiger partial charge on any atom is 0.352 e. The summed E-state index contributed by atoms with van der Waals surface area (Å²) in [6, 6.07) is 11.9. The normalized spacial score (nSPS) is 32.5. The highest BCUT2D eigenvalue weighted by Crippen LogP contribution is 2.50. The highest BCUT2D eigenvalue weighted by Gasteiger charge is 2.60. The molecular formula is C31H36N4O7S+2. The molecule has 0 aromatic heterocycles. The third-order valence-electron chi connectivity index (χ3n) is 10.6. The van der Waals surface area contributed by atoms with E-state index in [0.717, 1.165) is 65.7 Å². The summed E-state index contributed by atoms with van der Waals surface area (Å²) < 4.78 is 30.9. The molecule has 0 unspecified atom stereocenters. The molecule has 43 heavy (non-hydrogen) atoms. The molecule has 2 bridgehead atoms. The number of piperazine rings is 3. The first kappa shape index (κ1) is 28.3. The van der Waals surface area contributed by atoms with Gasteiger partial charge in [-0.2, -0.15) is 0 Å². The number of carbonyl (C=O) groups excluding carboxylic acids is 1. The molecule has 6 heterocycles. The smallest absolute Gasteiger partial charge is 0.352 e. The lowest BCUT2D eigenvalue weighted by Crippen LogP contribution is -2.72. The van der Waals surface area contributed by atoms with Gasteiger partial charge in [0.05, 0.1) is 35.2 Å². The number of rotatable bonds is 6. The Morgan fingerprint density at radius 3 is 2.44 bits per heavy atom. The molecule has 0 saturated carbocycles. The number of aliphatic hydroxyl groups excluding tert-OH is 2. The molecule has 8 rings (SSSR count). The van der Waals surface area contributed by atoms with Crippen molar-refractivity contribution in [2.24, 2.45) is 11.8 Å². The monoisotopic (exact) mass is 608 g/mol. The van der Waals surface area contributed by atoms with E-state index in [2.05, 4.69) is 12.0 Å². The summed E-state index contributed by atoms with van der Waals surface area (Å²) in [5, 5.41) is 31.0. The van der Waals surface area contributed by atoms with E-state index in [1.165, 1.54) is 16.1 Å². The second-order valence-corrected chi connectivity index (χ2v) is 14.6. The SMILES string of the molecule is C[C@@H](O)[C@H]1C(=O)N2C(C(=O)O)=C(CN3c4cccc5c(C[N+]67CC[N+](C#CCO)(CC6)CC7)ccc(c45)S3(=O)=O)[C@H](C)[C@H]12. The number of anilines is 1. The summed E-state index contributed by atoms with van der Waals surface area (Å²) >= 11 is 0. The molecule has 1 amide bonds. The predicted octanol–water partition coefficient (Wildman–Crippen LogP) is 0.659. The molecule has 4 fully saturated rings. The Morgan fingerprint density at radius 2 is 1.81 bits per heavy atom. The molecule has 4 saturated heterocycles. The molecule has 226 valence electrons. The average molecular weight is 609 g/mol. The molecule has 2 aromatic carbocycles. The van der Waals surface area contributed by atoms with Crippen molar-refractivity contribution < 1.29 is 42.3 Å². The van der Waals surface area contributed by atoms with Crippen LogP contribution in [0, 0.1) is 23.8 Å². The van der Waals surface area contributed by atoms with E-state index in [1.54, 1.807) is 19.1 Å². The van der Waals surface area contributed by atoms with Gasteiger partial charge in [0.25, 0.3) is 10.0 Å². The number of amides is 1. The fraction of sp³-hybridized carbons (Fsp3) is 0.484. The highest BCUT2D eigenvalue weighted by atomic mass is 32.2. The van der Waals surface area contributed by atoms with Crippen LogP contribution in [0.15, 0.2) is 46.5 Å². The minimum Gasteiger partial charge on any atom is -0.477 e. The molecule has 11 nitrogen and oxygen atoms in total. The van der Waals surface area contributed by atoms with Crippen LogP contribution < -0.4 is 4.31 Å². The van der Waals surface area contributed by atoms with Gasteiger partial charge >= 0.3 is 5.97 Å². The van der Waals surface area contributed by atoms with Crippen molar-refractivity contribution in [3.63, 3.8) is 0 Å². The summed E-state index contributed by atoms with van der Waals surface area (Å²) in [5.74, 6) is -0.0272. The molecule has 0 aliphatic carbocycles. The van der Waals surface area contributed by atoms with Crippen LogP contribution in [0.2, 0.25) is 0 Å². The first-order valence-corrected chi connectivity index (χ1v) is 16.2. The number of hydrogen-bond donors (Lipinski definition) is 3. The van der Waals surface area contributed by atoms with Crippen LogP contribution in [0.25, 0.3) is 10.8 Å². The lowest BCUT2D eigenvalue weighted by molar-refractivity contribution is -1.06. The Labute approximate surface area is 250 Å². The van der Waals surface area contributed by atoms with Gasteiger partial charge in [-0.1, -0.05) is 25.1 Å². The number of quaternary nitrogens is 2. The van der Waals surface area contributed by atoms with Gasteiger partial charge < -0.3 is 24.7 Å². The molecule has 6 aliphatic rings. The van der Waals surface area contributed by atoms with E-state index >= 15 is 0 Å². The van der Waals surface area contributed by atoms with Crippen molar-refractivity contribution in [3.8, 4) is 12.0 Å². The second-order valence-electron chi connectivity index (χ2n) is 12.8. The third kappa shape index (κ3) is 3.92. The Balaban J connectivity index is 1.23. The molecule has 4 atom stereocenters.